The molecule has 0 spiro atoms. The fraction of sp³-hybridized carbons (Fsp3) is 0.267. The van der Waals surface area contributed by atoms with Crippen LogP contribution < -0.4 is 10.1 Å². The van der Waals surface area contributed by atoms with E-state index >= 15 is 0 Å². The minimum Gasteiger partial charge on any atom is -0.494 e. The number of aromatic nitrogens is 3. The summed E-state index contributed by atoms with van der Waals surface area (Å²) in [7, 11) is 1.79. The Balaban J connectivity index is 1.84. The molecular formula is C15H16N4O2S. The second kappa shape index (κ2) is 5.76. The first-order chi connectivity index (χ1) is 10.6. The number of benzene rings is 1. The maximum absolute atomic E-state index is 12.2. The van der Waals surface area contributed by atoms with Crippen LogP contribution in [0.1, 0.15) is 23.0 Å². The lowest BCUT2D eigenvalue weighted by Crippen LogP contribution is -2.13. The predicted molar refractivity (Wildman–Crippen MR) is 86.7 cm³/mol. The number of carbonyl (C=O) groups is 1. The number of nitrogens with zero attached hydrogens (tertiary/aromatic N) is 3. The zero-order valence-electron chi connectivity index (χ0n) is 12.6. The van der Waals surface area contributed by atoms with Crippen LogP contribution in [0.25, 0.3) is 10.2 Å². The van der Waals surface area contributed by atoms with Gasteiger partial charge in [0.15, 0.2) is 10.8 Å². The molecule has 0 aliphatic carbocycles. The fourth-order valence-corrected chi connectivity index (χ4v) is 3.09. The molecule has 0 aliphatic heterocycles. The van der Waals surface area contributed by atoms with Gasteiger partial charge in [0.2, 0.25) is 0 Å². The van der Waals surface area contributed by atoms with E-state index in [2.05, 4.69) is 15.4 Å². The topological polar surface area (TPSA) is 69.0 Å². The number of anilines is 1. The summed E-state index contributed by atoms with van der Waals surface area (Å²) in [5.74, 6) is 0.555. The molecule has 6 nitrogen and oxygen atoms in total. The Hall–Kier alpha value is -2.41. The molecule has 1 amide bonds. The van der Waals surface area contributed by atoms with Crippen LogP contribution in [0.5, 0.6) is 5.75 Å². The second-order valence-corrected chi connectivity index (χ2v) is 5.90. The minimum atomic E-state index is -0.248. The molecule has 7 heteroatoms. The van der Waals surface area contributed by atoms with Gasteiger partial charge in [0, 0.05) is 18.8 Å². The zero-order valence-corrected chi connectivity index (χ0v) is 13.4. The molecule has 0 saturated carbocycles. The van der Waals surface area contributed by atoms with Gasteiger partial charge in [-0.3, -0.25) is 14.8 Å². The Kier molecular flexibility index (Phi) is 3.81. The standard InChI is InChI=1S/C15H16N4O2S/c1-4-21-10-5-6-11-12(7-10)22-15(16-11)17-14(20)13-9(2)8-19(3)18-13/h5-8H,4H2,1-3H3,(H,16,17,20). The van der Waals surface area contributed by atoms with E-state index in [0.29, 0.717) is 17.4 Å². The van der Waals surface area contributed by atoms with Gasteiger partial charge in [0.1, 0.15) is 5.75 Å². The Bertz CT molecular complexity index is 837. The van der Waals surface area contributed by atoms with Crippen molar-refractivity contribution >= 4 is 32.6 Å². The third-order valence-electron chi connectivity index (χ3n) is 3.12. The van der Waals surface area contributed by atoms with E-state index in [1.54, 1.807) is 11.7 Å². The molecule has 0 unspecified atom stereocenters. The van der Waals surface area contributed by atoms with Crippen molar-refractivity contribution in [3.63, 3.8) is 0 Å². The molecule has 0 radical (unpaired) electrons. The van der Waals surface area contributed by atoms with Crippen molar-refractivity contribution in [2.24, 2.45) is 7.05 Å². The molecule has 114 valence electrons. The van der Waals surface area contributed by atoms with Crippen molar-refractivity contribution in [3.8, 4) is 5.75 Å². The molecule has 0 bridgehead atoms. The molecule has 2 heterocycles. The number of amides is 1. The van der Waals surface area contributed by atoms with Crippen LogP contribution in [-0.2, 0) is 7.05 Å². The molecule has 22 heavy (non-hydrogen) atoms. The number of aryl methyl sites for hydroxylation is 2. The number of thiazole rings is 1. The van der Waals surface area contributed by atoms with Gasteiger partial charge in [-0.25, -0.2) is 4.98 Å². The van der Waals surface area contributed by atoms with E-state index in [-0.39, 0.29) is 5.91 Å². The molecular weight excluding hydrogens is 300 g/mol. The summed E-state index contributed by atoms with van der Waals surface area (Å²) in [4.78, 5) is 16.7. The van der Waals surface area contributed by atoms with Crippen molar-refractivity contribution in [2.45, 2.75) is 13.8 Å². The Labute approximate surface area is 131 Å². The molecule has 0 fully saturated rings. The van der Waals surface area contributed by atoms with Crippen LogP contribution in [0.2, 0.25) is 0 Å². The lowest BCUT2D eigenvalue weighted by atomic mass is 10.3. The van der Waals surface area contributed by atoms with E-state index < -0.39 is 0 Å². The van der Waals surface area contributed by atoms with E-state index in [1.807, 2.05) is 38.2 Å². The normalized spacial score (nSPS) is 10.9. The van der Waals surface area contributed by atoms with Crippen molar-refractivity contribution in [2.75, 3.05) is 11.9 Å². The first-order valence-electron chi connectivity index (χ1n) is 6.92. The summed E-state index contributed by atoms with van der Waals surface area (Å²) in [5.41, 5.74) is 2.08. The van der Waals surface area contributed by atoms with E-state index in [0.717, 1.165) is 21.5 Å². The number of rotatable bonds is 4. The predicted octanol–water partition coefficient (Wildman–Crippen LogP) is 2.99. The van der Waals surface area contributed by atoms with Gasteiger partial charge in [-0.05, 0) is 32.0 Å². The van der Waals surface area contributed by atoms with Gasteiger partial charge in [-0.1, -0.05) is 11.3 Å². The second-order valence-electron chi connectivity index (χ2n) is 4.87. The Morgan fingerprint density at radius 3 is 2.95 bits per heavy atom. The highest BCUT2D eigenvalue weighted by molar-refractivity contribution is 7.22. The molecule has 0 saturated heterocycles. The van der Waals surface area contributed by atoms with Gasteiger partial charge in [-0.2, -0.15) is 5.10 Å². The van der Waals surface area contributed by atoms with E-state index in [9.17, 15) is 4.79 Å². The Morgan fingerprint density at radius 1 is 1.45 bits per heavy atom. The summed E-state index contributed by atoms with van der Waals surface area (Å²) >= 11 is 1.42. The molecule has 3 rings (SSSR count). The molecule has 2 aromatic heterocycles. The average molecular weight is 316 g/mol. The van der Waals surface area contributed by atoms with Crippen LogP contribution in [0.4, 0.5) is 5.13 Å². The van der Waals surface area contributed by atoms with Crippen LogP contribution in [0, 0.1) is 6.92 Å². The number of fused-ring (bicyclic) bond motifs is 1. The lowest BCUT2D eigenvalue weighted by Gasteiger charge is -2.00. The summed E-state index contributed by atoms with van der Waals surface area (Å²) in [6, 6.07) is 5.69. The summed E-state index contributed by atoms with van der Waals surface area (Å²) in [6.07, 6.45) is 1.81. The molecule has 0 atom stereocenters. The van der Waals surface area contributed by atoms with Crippen LogP contribution >= 0.6 is 11.3 Å². The number of nitrogens with one attached hydrogen (secondary N) is 1. The number of hydrogen-bond donors (Lipinski definition) is 1. The largest absolute Gasteiger partial charge is 0.494 e. The minimum absolute atomic E-state index is 0.248. The molecule has 0 aliphatic rings. The number of ether oxygens (including phenoxy) is 1. The number of hydrogen-bond acceptors (Lipinski definition) is 5. The van der Waals surface area contributed by atoms with E-state index in [1.165, 1.54) is 11.3 Å². The third-order valence-corrected chi connectivity index (χ3v) is 4.05. The third kappa shape index (κ3) is 2.80. The smallest absolute Gasteiger partial charge is 0.278 e. The monoisotopic (exact) mass is 316 g/mol. The van der Waals surface area contributed by atoms with E-state index in [4.69, 9.17) is 4.74 Å². The first kappa shape index (κ1) is 14.5. The maximum Gasteiger partial charge on any atom is 0.278 e. The number of carbonyl (C=O) groups excluding carboxylic acids is 1. The van der Waals surface area contributed by atoms with Crippen LogP contribution in [0.3, 0.4) is 0 Å². The fourth-order valence-electron chi connectivity index (χ4n) is 2.20. The summed E-state index contributed by atoms with van der Waals surface area (Å²) in [5, 5.41) is 7.52. The van der Waals surface area contributed by atoms with Gasteiger partial charge in [0.25, 0.3) is 5.91 Å². The Morgan fingerprint density at radius 2 is 2.27 bits per heavy atom. The van der Waals surface area contributed by atoms with Crippen molar-refractivity contribution < 1.29 is 9.53 Å². The molecule has 3 aromatic rings. The van der Waals surface area contributed by atoms with Gasteiger partial charge < -0.3 is 4.74 Å². The molecule has 1 N–H and O–H groups in total. The van der Waals surface area contributed by atoms with Gasteiger partial charge in [-0.15, -0.1) is 0 Å². The van der Waals surface area contributed by atoms with Crippen molar-refractivity contribution in [1.82, 2.24) is 14.8 Å². The zero-order chi connectivity index (χ0) is 15.7. The van der Waals surface area contributed by atoms with Crippen molar-refractivity contribution in [3.05, 3.63) is 35.7 Å². The van der Waals surface area contributed by atoms with Crippen molar-refractivity contribution in [1.29, 1.82) is 0 Å². The highest BCUT2D eigenvalue weighted by Crippen LogP contribution is 2.29. The maximum atomic E-state index is 12.2. The average Bonchev–Trinajstić information content (AvgIpc) is 3.01. The van der Waals surface area contributed by atoms with Gasteiger partial charge >= 0.3 is 0 Å². The SMILES string of the molecule is CCOc1ccc2nc(NC(=O)c3nn(C)cc3C)sc2c1. The van der Waals surface area contributed by atoms with Crippen LogP contribution in [-0.4, -0.2) is 27.3 Å². The summed E-state index contributed by atoms with van der Waals surface area (Å²) in [6.45, 7) is 4.42. The quantitative estimate of drug-likeness (QED) is 0.803. The van der Waals surface area contributed by atoms with Crippen LogP contribution in [0.15, 0.2) is 24.4 Å². The first-order valence-corrected chi connectivity index (χ1v) is 7.73. The highest BCUT2D eigenvalue weighted by Gasteiger charge is 2.15. The van der Waals surface area contributed by atoms with Gasteiger partial charge in [0.05, 0.1) is 16.8 Å². The summed E-state index contributed by atoms with van der Waals surface area (Å²) < 4.78 is 8.06. The highest BCUT2D eigenvalue weighted by atomic mass is 32.1. The molecule has 1 aromatic carbocycles. The lowest BCUT2D eigenvalue weighted by molar-refractivity contribution is 0.102.